The molecular formula is C12H16BrClN2O. The molecule has 0 aromatic heterocycles. The minimum absolute atomic E-state index is 0.0120. The lowest BCUT2D eigenvalue weighted by Crippen LogP contribution is -2.11. The van der Waals surface area contributed by atoms with Crippen LogP contribution in [0.2, 0.25) is 5.02 Å². The first-order valence-corrected chi connectivity index (χ1v) is 6.75. The maximum absolute atomic E-state index is 11.6. The van der Waals surface area contributed by atoms with E-state index in [1.807, 2.05) is 6.07 Å². The van der Waals surface area contributed by atoms with E-state index in [1.54, 1.807) is 12.1 Å². The highest BCUT2D eigenvalue weighted by molar-refractivity contribution is 9.10. The molecular weight excluding hydrogens is 304 g/mol. The molecule has 0 heterocycles. The lowest BCUT2D eigenvalue weighted by molar-refractivity contribution is -0.116. The molecule has 0 unspecified atom stereocenters. The predicted molar refractivity (Wildman–Crippen MR) is 75.3 cm³/mol. The highest BCUT2D eigenvalue weighted by atomic mass is 79.9. The molecule has 0 spiro atoms. The van der Waals surface area contributed by atoms with Gasteiger partial charge in [0.15, 0.2) is 0 Å². The van der Waals surface area contributed by atoms with Crippen LogP contribution in [0.4, 0.5) is 5.69 Å². The monoisotopic (exact) mass is 318 g/mol. The van der Waals surface area contributed by atoms with Gasteiger partial charge in [0.2, 0.25) is 5.91 Å². The number of unbranched alkanes of at least 4 members (excludes halogenated alkanes) is 2. The lowest BCUT2D eigenvalue weighted by atomic mass is 10.2. The molecule has 0 saturated carbocycles. The quantitative estimate of drug-likeness (QED) is 0.788. The standard InChI is InChI=1S/C12H16BrClN2O/c13-9-5-6-10(14)11(8-9)16-12(17)4-2-1-3-7-15/h5-6,8H,1-4,7,15H2,(H,16,17). The van der Waals surface area contributed by atoms with Crippen molar-refractivity contribution in [3.63, 3.8) is 0 Å². The van der Waals surface area contributed by atoms with Gasteiger partial charge in [-0.3, -0.25) is 4.79 Å². The minimum atomic E-state index is -0.0120. The highest BCUT2D eigenvalue weighted by Crippen LogP contribution is 2.25. The summed E-state index contributed by atoms with van der Waals surface area (Å²) in [6.45, 7) is 0.680. The van der Waals surface area contributed by atoms with Crippen LogP contribution in [-0.4, -0.2) is 12.5 Å². The molecule has 0 fully saturated rings. The number of rotatable bonds is 6. The molecule has 1 amide bonds. The molecule has 0 atom stereocenters. The predicted octanol–water partition coefficient (Wildman–Crippen LogP) is 3.56. The molecule has 0 aliphatic rings. The topological polar surface area (TPSA) is 55.1 Å². The van der Waals surface area contributed by atoms with Crippen LogP contribution < -0.4 is 11.1 Å². The zero-order chi connectivity index (χ0) is 12.7. The molecule has 17 heavy (non-hydrogen) atoms. The van der Waals surface area contributed by atoms with Crippen LogP contribution in [0.1, 0.15) is 25.7 Å². The van der Waals surface area contributed by atoms with Crippen LogP contribution in [0.15, 0.2) is 22.7 Å². The van der Waals surface area contributed by atoms with E-state index in [2.05, 4.69) is 21.2 Å². The second kappa shape index (κ2) is 7.69. The molecule has 0 saturated heterocycles. The molecule has 94 valence electrons. The number of benzene rings is 1. The number of anilines is 1. The van der Waals surface area contributed by atoms with Crippen LogP contribution in [0, 0.1) is 0 Å². The number of carbonyl (C=O) groups excluding carboxylic acids is 1. The summed E-state index contributed by atoms with van der Waals surface area (Å²) in [4.78, 5) is 11.6. The number of amides is 1. The van der Waals surface area contributed by atoms with Crippen LogP contribution in [0.25, 0.3) is 0 Å². The summed E-state index contributed by atoms with van der Waals surface area (Å²) in [5.74, 6) is -0.0120. The Bertz CT molecular complexity index is 385. The maximum Gasteiger partial charge on any atom is 0.224 e. The molecule has 0 aliphatic heterocycles. The lowest BCUT2D eigenvalue weighted by Gasteiger charge is -2.07. The Morgan fingerprint density at radius 1 is 1.35 bits per heavy atom. The Morgan fingerprint density at radius 2 is 2.12 bits per heavy atom. The van der Waals surface area contributed by atoms with Gasteiger partial charge in [-0.05, 0) is 37.6 Å². The highest BCUT2D eigenvalue weighted by Gasteiger charge is 2.06. The van der Waals surface area contributed by atoms with Gasteiger partial charge in [0.1, 0.15) is 0 Å². The summed E-state index contributed by atoms with van der Waals surface area (Å²) in [5, 5.41) is 3.34. The van der Waals surface area contributed by atoms with Gasteiger partial charge in [0.05, 0.1) is 10.7 Å². The summed E-state index contributed by atoms with van der Waals surface area (Å²) >= 11 is 9.31. The number of hydrogen-bond acceptors (Lipinski definition) is 2. The molecule has 0 radical (unpaired) electrons. The van der Waals surface area contributed by atoms with Gasteiger partial charge < -0.3 is 11.1 Å². The third-order valence-electron chi connectivity index (χ3n) is 2.31. The summed E-state index contributed by atoms with van der Waals surface area (Å²) < 4.78 is 0.889. The zero-order valence-corrected chi connectivity index (χ0v) is 11.9. The van der Waals surface area contributed by atoms with Crippen molar-refractivity contribution in [3.05, 3.63) is 27.7 Å². The SMILES string of the molecule is NCCCCCC(=O)Nc1cc(Br)ccc1Cl. The first kappa shape index (κ1) is 14.5. The summed E-state index contributed by atoms with van der Waals surface area (Å²) in [5.41, 5.74) is 6.03. The second-order valence-corrected chi connectivity index (χ2v) is 5.09. The Hall–Kier alpha value is -0.580. The molecule has 3 N–H and O–H groups in total. The fourth-order valence-corrected chi connectivity index (χ4v) is 1.94. The van der Waals surface area contributed by atoms with Gasteiger partial charge in [-0.25, -0.2) is 0 Å². The maximum atomic E-state index is 11.6. The van der Waals surface area contributed by atoms with Crippen molar-refractivity contribution in [1.29, 1.82) is 0 Å². The van der Waals surface area contributed by atoms with Gasteiger partial charge >= 0.3 is 0 Å². The molecule has 3 nitrogen and oxygen atoms in total. The number of carbonyl (C=O) groups is 1. The van der Waals surface area contributed by atoms with E-state index in [0.717, 1.165) is 23.7 Å². The van der Waals surface area contributed by atoms with E-state index in [-0.39, 0.29) is 5.91 Å². The number of nitrogens with two attached hydrogens (primary N) is 1. The van der Waals surface area contributed by atoms with Crippen molar-refractivity contribution in [1.82, 2.24) is 0 Å². The molecule has 1 aromatic carbocycles. The van der Waals surface area contributed by atoms with E-state index in [0.29, 0.717) is 23.7 Å². The number of hydrogen-bond donors (Lipinski definition) is 2. The second-order valence-electron chi connectivity index (χ2n) is 3.77. The van der Waals surface area contributed by atoms with E-state index in [9.17, 15) is 4.79 Å². The Labute approximate surface area is 115 Å². The summed E-state index contributed by atoms with van der Waals surface area (Å²) in [7, 11) is 0. The molecule has 5 heteroatoms. The number of nitrogens with one attached hydrogen (secondary N) is 1. The average molecular weight is 320 g/mol. The van der Waals surface area contributed by atoms with Crippen LogP contribution >= 0.6 is 27.5 Å². The normalized spacial score (nSPS) is 10.3. The first-order chi connectivity index (χ1) is 8.13. The molecule has 1 rings (SSSR count). The Kier molecular flexibility index (Phi) is 6.55. The van der Waals surface area contributed by atoms with Crippen LogP contribution in [0.3, 0.4) is 0 Å². The van der Waals surface area contributed by atoms with Crippen molar-refractivity contribution in [2.24, 2.45) is 5.73 Å². The molecule has 1 aromatic rings. The van der Waals surface area contributed by atoms with Crippen molar-refractivity contribution >= 4 is 39.1 Å². The largest absolute Gasteiger partial charge is 0.330 e. The zero-order valence-electron chi connectivity index (χ0n) is 9.51. The molecule has 0 bridgehead atoms. The smallest absolute Gasteiger partial charge is 0.224 e. The van der Waals surface area contributed by atoms with Crippen molar-refractivity contribution < 1.29 is 4.79 Å². The van der Waals surface area contributed by atoms with Crippen LogP contribution in [0.5, 0.6) is 0 Å². The van der Waals surface area contributed by atoms with Gasteiger partial charge in [-0.1, -0.05) is 34.0 Å². The fourth-order valence-electron chi connectivity index (χ4n) is 1.41. The number of halogens is 2. The third kappa shape index (κ3) is 5.52. The van der Waals surface area contributed by atoms with Crippen LogP contribution in [-0.2, 0) is 4.79 Å². The fraction of sp³-hybridized carbons (Fsp3) is 0.417. The first-order valence-electron chi connectivity index (χ1n) is 5.58. The Balaban J connectivity index is 2.42. The van der Waals surface area contributed by atoms with E-state index in [1.165, 1.54) is 0 Å². The molecule has 0 aliphatic carbocycles. The van der Waals surface area contributed by atoms with Gasteiger partial charge in [-0.2, -0.15) is 0 Å². The summed E-state index contributed by atoms with van der Waals surface area (Å²) in [6.07, 6.45) is 3.30. The van der Waals surface area contributed by atoms with Gasteiger partial charge in [0.25, 0.3) is 0 Å². The van der Waals surface area contributed by atoms with Crippen molar-refractivity contribution in [2.75, 3.05) is 11.9 Å². The van der Waals surface area contributed by atoms with Crippen molar-refractivity contribution in [3.8, 4) is 0 Å². The summed E-state index contributed by atoms with van der Waals surface area (Å²) in [6, 6.07) is 5.37. The van der Waals surface area contributed by atoms with Gasteiger partial charge in [-0.15, -0.1) is 0 Å². The average Bonchev–Trinajstić information content (AvgIpc) is 2.29. The minimum Gasteiger partial charge on any atom is -0.330 e. The van der Waals surface area contributed by atoms with E-state index >= 15 is 0 Å². The van der Waals surface area contributed by atoms with E-state index < -0.39 is 0 Å². The Morgan fingerprint density at radius 3 is 2.82 bits per heavy atom. The van der Waals surface area contributed by atoms with E-state index in [4.69, 9.17) is 17.3 Å². The van der Waals surface area contributed by atoms with Crippen molar-refractivity contribution in [2.45, 2.75) is 25.7 Å². The third-order valence-corrected chi connectivity index (χ3v) is 3.13. The van der Waals surface area contributed by atoms with Gasteiger partial charge in [0, 0.05) is 10.9 Å².